The summed E-state index contributed by atoms with van der Waals surface area (Å²) in [6.07, 6.45) is 3.73. The van der Waals surface area contributed by atoms with Crippen molar-refractivity contribution in [2.24, 2.45) is 5.92 Å². The van der Waals surface area contributed by atoms with Crippen molar-refractivity contribution >= 4 is 5.69 Å². The predicted molar refractivity (Wildman–Crippen MR) is 67.6 cm³/mol. The predicted octanol–water partition coefficient (Wildman–Crippen LogP) is 2.66. The summed E-state index contributed by atoms with van der Waals surface area (Å²) in [5, 5.41) is 21.5. The van der Waals surface area contributed by atoms with Gasteiger partial charge in [-0.2, -0.15) is 5.26 Å². The maximum absolute atomic E-state index is 13.6. The van der Waals surface area contributed by atoms with Gasteiger partial charge in [0, 0.05) is 12.5 Å². The molecule has 3 nitrogen and oxygen atoms in total. The molecular formula is C14H17FN2O. The number of hydrogen-bond donors (Lipinski definition) is 2. The molecule has 2 rings (SSSR count). The zero-order valence-corrected chi connectivity index (χ0v) is 10.2. The van der Waals surface area contributed by atoms with E-state index in [0.29, 0.717) is 17.8 Å². The van der Waals surface area contributed by atoms with Gasteiger partial charge in [0.25, 0.3) is 0 Å². The number of rotatable bonds is 3. The molecule has 0 heterocycles. The van der Waals surface area contributed by atoms with Gasteiger partial charge in [-0.25, -0.2) is 4.39 Å². The van der Waals surface area contributed by atoms with E-state index in [-0.39, 0.29) is 12.0 Å². The van der Waals surface area contributed by atoms with Crippen LogP contribution in [0.4, 0.5) is 10.1 Å². The highest BCUT2D eigenvalue weighted by Gasteiger charge is 2.22. The number of benzene rings is 1. The molecule has 0 aromatic heterocycles. The van der Waals surface area contributed by atoms with Crippen LogP contribution in [0.25, 0.3) is 0 Å². The van der Waals surface area contributed by atoms with E-state index in [2.05, 4.69) is 5.32 Å². The largest absolute Gasteiger partial charge is 0.393 e. The molecule has 0 aliphatic heterocycles. The lowest BCUT2D eigenvalue weighted by atomic mass is 9.86. The summed E-state index contributed by atoms with van der Waals surface area (Å²) < 4.78 is 13.6. The average molecular weight is 248 g/mol. The highest BCUT2D eigenvalue weighted by atomic mass is 19.1. The van der Waals surface area contributed by atoms with E-state index in [1.165, 1.54) is 6.07 Å². The second kappa shape index (κ2) is 5.83. The molecule has 1 aliphatic carbocycles. The maximum atomic E-state index is 13.6. The molecule has 96 valence electrons. The molecule has 1 saturated carbocycles. The van der Waals surface area contributed by atoms with Gasteiger partial charge in [0.05, 0.1) is 23.4 Å². The molecule has 1 fully saturated rings. The molecule has 0 amide bonds. The van der Waals surface area contributed by atoms with Crippen LogP contribution in [0.5, 0.6) is 0 Å². The van der Waals surface area contributed by atoms with Crippen LogP contribution in [-0.2, 0) is 0 Å². The summed E-state index contributed by atoms with van der Waals surface area (Å²) in [5.41, 5.74) is 0.711. The van der Waals surface area contributed by atoms with Crippen LogP contribution in [-0.4, -0.2) is 17.8 Å². The molecular weight excluding hydrogens is 231 g/mol. The van der Waals surface area contributed by atoms with Crippen LogP contribution in [0, 0.1) is 23.1 Å². The van der Waals surface area contributed by atoms with E-state index in [0.717, 1.165) is 25.7 Å². The van der Waals surface area contributed by atoms with E-state index in [1.54, 1.807) is 12.1 Å². The van der Waals surface area contributed by atoms with Gasteiger partial charge in [-0.05, 0) is 31.0 Å². The van der Waals surface area contributed by atoms with E-state index in [9.17, 15) is 9.50 Å². The quantitative estimate of drug-likeness (QED) is 0.864. The van der Waals surface area contributed by atoms with Crippen LogP contribution < -0.4 is 5.32 Å². The van der Waals surface area contributed by atoms with Gasteiger partial charge >= 0.3 is 0 Å². The van der Waals surface area contributed by atoms with Crippen molar-refractivity contribution in [2.45, 2.75) is 31.8 Å². The van der Waals surface area contributed by atoms with Crippen molar-refractivity contribution in [3.8, 4) is 6.07 Å². The minimum Gasteiger partial charge on any atom is -0.393 e. The monoisotopic (exact) mass is 248 g/mol. The third kappa shape index (κ3) is 2.99. The Hall–Kier alpha value is -1.60. The first-order valence-corrected chi connectivity index (χ1v) is 6.32. The van der Waals surface area contributed by atoms with Crippen LogP contribution in [0.3, 0.4) is 0 Å². The highest BCUT2D eigenvalue weighted by Crippen LogP contribution is 2.25. The SMILES string of the molecule is N#Cc1ccc(NCC2CCCCC2O)c(F)c1. The van der Waals surface area contributed by atoms with E-state index in [1.807, 2.05) is 6.07 Å². The van der Waals surface area contributed by atoms with Crippen LogP contribution in [0.15, 0.2) is 18.2 Å². The van der Waals surface area contributed by atoms with Gasteiger partial charge in [-0.15, -0.1) is 0 Å². The zero-order chi connectivity index (χ0) is 13.0. The minimum absolute atomic E-state index is 0.189. The van der Waals surface area contributed by atoms with Crippen molar-refractivity contribution < 1.29 is 9.50 Å². The number of aliphatic hydroxyl groups is 1. The fourth-order valence-corrected chi connectivity index (χ4v) is 2.40. The third-order valence-corrected chi connectivity index (χ3v) is 3.52. The normalized spacial score (nSPS) is 23.4. The van der Waals surface area contributed by atoms with Gasteiger partial charge in [0.1, 0.15) is 5.82 Å². The third-order valence-electron chi connectivity index (χ3n) is 3.52. The Labute approximate surface area is 106 Å². The van der Waals surface area contributed by atoms with Crippen molar-refractivity contribution in [3.63, 3.8) is 0 Å². The second-order valence-electron chi connectivity index (χ2n) is 4.80. The summed E-state index contributed by atoms with van der Waals surface area (Å²) in [4.78, 5) is 0. The van der Waals surface area contributed by atoms with Crippen LogP contribution >= 0.6 is 0 Å². The summed E-state index contributed by atoms with van der Waals surface area (Å²) in [7, 11) is 0. The molecule has 4 heteroatoms. The Morgan fingerprint density at radius 2 is 2.17 bits per heavy atom. The Balaban J connectivity index is 1.95. The molecule has 0 saturated heterocycles. The Morgan fingerprint density at radius 1 is 1.39 bits per heavy atom. The minimum atomic E-state index is -0.417. The number of anilines is 1. The van der Waals surface area contributed by atoms with E-state index < -0.39 is 5.82 Å². The first-order valence-electron chi connectivity index (χ1n) is 6.32. The van der Waals surface area contributed by atoms with Crippen molar-refractivity contribution in [1.82, 2.24) is 0 Å². The number of hydrogen-bond acceptors (Lipinski definition) is 3. The van der Waals surface area contributed by atoms with Gasteiger partial charge in [0.2, 0.25) is 0 Å². The number of aliphatic hydroxyl groups excluding tert-OH is 1. The van der Waals surface area contributed by atoms with E-state index in [4.69, 9.17) is 5.26 Å². The average Bonchev–Trinajstić information content (AvgIpc) is 2.39. The van der Waals surface area contributed by atoms with Gasteiger partial charge < -0.3 is 10.4 Å². The molecule has 2 N–H and O–H groups in total. The molecule has 0 radical (unpaired) electrons. The molecule has 2 atom stereocenters. The Kier molecular flexibility index (Phi) is 4.16. The fourth-order valence-electron chi connectivity index (χ4n) is 2.40. The molecule has 0 spiro atoms. The second-order valence-corrected chi connectivity index (χ2v) is 4.80. The van der Waals surface area contributed by atoms with Crippen molar-refractivity contribution in [1.29, 1.82) is 5.26 Å². The smallest absolute Gasteiger partial charge is 0.147 e. The van der Waals surface area contributed by atoms with Crippen molar-refractivity contribution in [3.05, 3.63) is 29.6 Å². The number of nitrogens with one attached hydrogen (secondary N) is 1. The Morgan fingerprint density at radius 3 is 2.83 bits per heavy atom. The lowest BCUT2D eigenvalue weighted by Crippen LogP contribution is -2.30. The summed E-state index contributed by atoms with van der Waals surface area (Å²) in [6.45, 7) is 0.573. The number of halogens is 1. The van der Waals surface area contributed by atoms with Crippen molar-refractivity contribution in [2.75, 3.05) is 11.9 Å². The first kappa shape index (κ1) is 12.8. The van der Waals surface area contributed by atoms with Gasteiger partial charge in [-0.1, -0.05) is 12.8 Å². The van der Waals surface area contributed by atoms with E-state index >= 15 is 0 Å². The Bertz CT molecular complexity index is 456. The highest BCUT2D eigenvalue weighted by molar-refractivity contribution is 5.48. The standard InChI is InChI=1S/C14H17FN2O/c15-12-7-10(8-16)5-6-13(12)17-9-11-3-1-2-4-14(11)18/h5-7,11,14,17-18H,1-4,9H2. The lowest BCUT2D eigenvalue weighted by Gasteiger charge is -2.28. The van der Waals surface area contributed by atoms with Crippen LogP contribution in [0.2, 0.25) is 0 Å². The maximum Gasteiger partial charge on any atom is 0.147 e. The topological polar surface area (TPSA) is 56.0 Å². The zero-order valence-electron chi connectivity index (χ0n) is 10.2. The molecule has 1 aliphatic rings. The molecule has 1 aromatic carbocycles. The summed E-state index contributed by atoms with van der Waals surface area (Å²) in [5.74, 6) is -0.229. The molecule has 0 bridgehead atoms. The molecule has 18 heavy (non-hydrogen) atoms. The first-order chi connectivity index (χ1) is 8.70. The molecule has 2 unspecified atom stereocenters. The fraction of sp³-hybridized carbons (Fsp3) is 0.500. The van der Waals surface area contributed by atoms with Gasteiger partial charge in [0.15, 0.2) is 0 Å². The number of nitrogens with zero attached hydrogens (tertiary/aromatic N) is 1. The van der Waals surface area contributed by atoms with Crippen LogP contribution in [0.1, 0.15) is 31.2 Å². The molecule has 1 aromatic rings. The number of nitriles is 1. The van der Waals surface area contributed by atoms with Gasteiger partial charge in [-0.3, -0.25) is 0 Å². The summed E-state index contributed by atoms with van der Waals surface area (Å²) >= 11 is 0. The summed E-state index contributed by atoms with van der Waals surface area (Å²) in [6, 6.07) is 6.28. The lowest BCUT2D eigenvalue weighted by molar-refractivity contribution is 0.0763.